The molecule has 0 radical (unpaired) electrons. The summed E-state index contributed by atoms with van der Waals surface area (Å²) in [4.78, 5) is 12.6. The van der Waals surface area contributed by atoms with E-state index in [0.29, 0.717) is 6.04 Å². The molecule has 0 aromatic heterocycles. The molecule has 4 unspecified atom stereocenters. The molecule has 2 aliphatic carbocycles. The monoisotopic (exact) mass is 320 g/mol. The zero-order valence-corrected chi connectivity index (χ0v) is 13.7. The number of rotatable bonds is 2. The highest BCUT2D eigenvalue weighted by Crippen LogP contribution is 2.34. The Morgan fingerprint density at radius 1 is 1.14 bits per heavy atom. The van der Waals surface area contributed by atoms with Crippen molar-refractivity contribution in [3.05, 3.63) is 35.4 Å². The van der Waals surface area contributed by atoms with Gasteiger partial charge in [0.25, 0.3) is 0 Å². The van der Waals surface area contributed by atoms with E-state index in [2.05, 4.69) is 34.9 Å². The number of benzene rings is 1. The van der Waals surface area contributed by atoms with Crippen molar-refractivity contribution in [1.29, 1.82) is 0 Å². The van der Waals surface area contributed by atoms with E-state index >= 15 is 0 Å². The third-order valence-electron chi connectivity index (χ3n) is 5.63. The highest BCUT2D eigenvalue weighted by atomic mass is 35.5. The maximum absolute atomic E-state index is 12.6. The zero-order valence-electron chi connectivity index (χ0n) is 12.9. The molecule has 1 aromatic rings. The van der Waals surface area contributed by atoms with E-state index in [-0.39, 0.29) is 30.4 Å². The number of fused-ring (bicyclic) bond motifs is 2. The van der Waals surface area contributed by atoms with Gasteiger partial charge < -0.3 is 10.6 Å². The van der Waals surface area contributed by atoms with Gasteiger partial charge in [0.2, 0.25) is 5.91 Å². The molecule has 4 heteroatoms. The fourth-order valence-corrected chi connectivity index (χ4v) is 4.50. The molecule has 1 saturated heterocycles. The maximum atomic E-state index is 12.6. The second-order valence-electron chi connectivity index (χ2n) is 6.90. The summed E-state index contributed by atoms with van der Waals surface area (Å²) in [5.41, 5.74) is 2.72. The Balaban J connectivity index is 0.00000144. The van der Waals surface area contributed by atoms with Crippen LogP contribution >= 0.6 is 12.4 Å². The van der Waals surface area contributed by atoms with Crippen LogP contribution in [-0.2, 0) is 11.2 Å². The summed E-state index contributed by atoms with van der Waals surface area (Å²) >= 11 is 0. The number of amides is 1. The van der Waals surface area contributed by atoms with Crippen LogP contribution in [0.4, 0.5) is 0 Å². The van der Waals surface area contributed by atoms with Crippen molar-refractivity contribution in [2.75, 3.05) is 0 Å². The summed E-state index contributed by atoms with van der Waals surface area (Å²) in [7, 11) is 0. The Morgan fingerprint density at radius 2 is 1.95 bits per heavy atom. The Labute approximate surface area is 138 Å². The number of carbonyl (C=O) groups is 1. The van der Waals surface area contributed by atoms with Crippen LogP contribution < -0.4 is 10.6 Å². The summed E-state index contributed by atoms with van der Waals surface area (Å²) in [6.45, 7) is 0. The number of halogens is 1. The van der Waals surface area contributed by atoms with Crippen molar-refractivity contribution in [3.8, 4) is 0 Å². The molecule has 2 fully saturated rings. The predicted octanol–water partition coefficient (Wildman–Crippen LogP) is 3.13. The van der Waals surface area contributed by atoms with Gasteiger partial charge in [-0.25, -0.2) is 0 Å². The molecule has 1 saturated carbocycles. The first kappa shape index (κ1) is 15.8. The van der Waals surface area contributed by atoms with Crippen LogP contribution in [0.2, 0.25) is 0 Å². The first-order valence-electron chi connectivity index (χ1n) is 8.45. The topological polar surface area (TPSA) is 41.1 Å². The molecule has 1 heterocycles. The minimum atomic E-state index is 0. The molecule has 0 spiro atoms. The molecule has 3 nitrogen and oxygen atoms in total. The van der Waals surface area contributed by atoms with Crippen LogP contribution in [0.1, 0.15) is 55.7 Å². The van der Waals surface area contributed by atoms with Crippen LogP contribution in [0.5, 0.6) is 0 Å². The van der Waals surface area contributed by atoms with Crippen molar-refractivity contribution in [2.45, 2.75) is 63.1 Å². The standard InChI is InChI=1S/C18H24N2O.ClH/c21-18(17-11-13-6-2-4-8-15(13)19-17)20-16-10-9-12-5-1-3-7-14(12)16;/h1,3,5,7,13,15-17,19H,2,4,6,8-11H2,(H,20,21);1H. The lowest BCUT2D eigenvalue weighted by molar-refractivity contribution is -0.123. The van der Waals surface area contributed by atoms with Crippen molar-refractivity contribution in [2.24, 2.45) is 5.92 Å². The van der Waals surface area contributed by atoms with Gasteiger partial charge in [0.1, 0.15) is 0 Å². The Bertz CT molecular complexity index is 534. The van der Waals surface area contributed by atoms with Gasteiger partial charge in [0.15, 0.2) is 0 Å². The second-order valence-corrected chi connectivity index (χ2v) is 6.90. The van der Waals surface area contributed by atoms with E-state index in [4.69, 9.17) is 0 Å². The first-order valence-corrected chi connectivity index (χ1v) is 8.45. The Morgan fingerprint density at radius 3 is 2.82 bits per heavy atom. The average molecular weight is 321 g/mol. The second kappa shape index (κ2) is 6.59. The normalized spacial score (nSPS) is 32.7. The van der Waals surface area contributed by atoms with Gasteiger partial charge >= 0.3 is 0 Å². The zero-order chi connectivity index (χ0) is 14.2. The lowest BCUT2D eigenvalue weighted by atomic mass is 9.85. The molecule has 1 aliphatic heterocycles. The molecule has 4 rings (SSSR count). The van der Waals surface area contributed by atoms with Crippen LogP contribution in [0.25, 0.3) is 0 Å². The van der Waals surface area contributed by atoms with Crippen LogP contribution in [0, 0.1) is 5.92 Å². The highest BCUT2D eigenvalue weighted by molar-refractivity contribution is 5.85. The molecule has 22 heavy (non-hydrogen) atoms. The maximum Gasteiger partial charge on any atom is 0.237 e. The lowest BCUT2D eigenvalue weighted by Crippen LogP contribution is -2.44. The molecule has 120 valence electrons. The van der Waals surface area contributed by atoms with Gasteiger partial charge in [-0.05, 0) is 49.1 Å². The predicted molar refractivity (Wildman–Crippen MR) is 90.2 cm³/mol. The quantitative estimate of drug-likeness (QED) is 0.879. The minimum absolute atomic E-state index is 0. The van der Waals surface area contributed by atoms with Crippen LogP contribution in [-0.4, -0.2) is 18.0 Å². The largest absolute Gasteiger partial charge is 0.348 e. The van der Waals surface area contributed by atoms with Gasteiger partial charge in [-0.1, -0.05) is 37.1 Å². The molecular weight excluding hydrogens is 296 g/mol. The summed E-state index contributed by atoms with van der Waals surface area (Å²) in [6.07, 6.45) is 8.38. The number of nitrogens with one attached hydrogen (secondary N) is 2. The summed E-state index contributed by atoms with van der Waals surface area (Å²) in [6, 6.07) is 9.35. The number of carbonyl (C=O) groups excluding carboxylic acids is 1. The van der Waals surface area contributed by atoms with Gasteiger partial charge in [-0.3, -0.25) is 4.79 Å². The van der Waals surface area contributed by atoms with Crippen LogP contribution in [0.3, 0.4) is 0 Å². The molecule has 1 amide bonds. The highest BCUT2D eigenvalue weighted by Gasteiger charge is 2.39. The van der Waals surface area contributed by atoms with E-state index in [1.54, 1.807) is 0 Å². The van der Waals surface area contributed by atoms with E-state index in [9.17, 15) is 4.79 Å². The Kier molecular flexibility index (Phi) is 4.74. The van der Waals surface area contributed by atoms with E-state index < -0.39 is 0 Å². The third-order valence-corrected chi connectivity index (χ3v) is 5.63. The van der Waals surface area contributed by atoms with Crippen molar-refractivity contribution < 1.29 is 4.79 Å². The number of aryl methyl sites for hydroxylation is 1. The summed E-state index contributed by atoms with van der Waals surface area (Å²) < 4.78 is 0. The summed E-state index contributed by atoms with van der Waals surface area (Å²) in [5.74, 6) is 0.941. The summed E-state index contributed by atoms with van der Waals surface area (Å²) in [5, 5.41) is 6.86. The fourth-order valence-electron chi connectivity index (χ4n) is 4.50. The van der Waals surface area contributed by atoms with E-state index in [1.165, 1.54) is 36.8 Å². The van der Waals surface area contributed by atoms with Gasteiger partial charge in [-0.2, -0.15) is 0 Å². The van der Waals surface area contributed by atoms with Crippen molar-refractivity contribution >= 4 is 18.3 Å². The molecule has 4 atom stereocenters. The SMILES string of the molecule is Cl.O=C(NC1CCc2ccccc21)C1CC2CCCCC2N1. The third kappa shape index (κ3) is 2.89. The minimum Gasteiger partial charge on any atom is -0.348 e. The van der Waals surface area contributed by atoms with Gasteiger partial charge in [0.05, 0.1) is 12.1 Å². The van der Waals surface area contributed by atoms with E-state index in [1.807, 2.05) is 0 Å². The van der Waals surface area contributed by atoms with E-state index in [0.717, 1.165) is 25.2 Å². The van der Waals surface area contributed by atoms with Gasteiger partial charge in [-0.15, -0.1) is 12.4 Å². The number of hydrogen-bond acceptors (Lipinski definition) is 2. The lowest BCUT2D eigenvalue weighted by Gasteiger charge is -2.24. The fraction of sp³-hybridized carbons (Fsp3) is 0.611. The first-order chi connectivity index (χ1) is 10.3. The molecule has 3 aliphatic rings. The van der Waals surface area contributed by atoms with Gasteiger partial charge in [0, 0.05) is 6.04 Å². The van der Waals surface area contributed by atoms with Crippen molar-refractivity contribution in [1.82, 2.24) is 10.6 Å². The molecule has 1 aromatic carbocycles. The molecule has 2 N–H and O–H groups in total. The molecule has 0 bridgehead atoms. The smallest absolute Gasteiger partial charge is 0.237 e. The average Bonchev–Trinajstić information content (AvgIpc) is 3.11. The number of hydrogen-bond donors (Lipinski definition) is 2. The van der Waals surface area contributed by atoms with Crippen LogP contribution in [0.15, 0.2) is 24.3 Å². The Hall–Kier alpha value is -1.06. The molecular formula is C18H25ClN2O. The van der Waals surface area contributed by atoms with Crippen molar-refractivity contribution in [3.63, 3.8) is 0 Å².